The van der Waals surface area contributed by atoms with Gasteiger partial charge in [0, 0.05) is 12.3 Å². The fraction of sp³-hybridized carbons (Fsp3) is 1.00. The number of hydrogen-bond donors (Lipinski definition) is 11. The van der Waals surface area contributed by atoms with Crippen LogP contribution in [0.15, 0.2) is 0 Å². The van der Waals surface area contributed by atoms with Crippen molar-refractivity contribution in [1.29, 1.82) is 0 Å². The fourth-order valence-electron chi connectivity index (χ4n) is 13.8. The maximum absolute atomic E-state index is 12.0. The summed E-state index contributed by atoms with van der Waals surface area (Å²) in [5.41, 5.74) is 0.124. The third kappa shape index (κ3) is 8.46. The molecule has 0 unspecified atom stereocenters. The minimum atomic E-state index is -1.57. The third-order valence-corrected chi connectivity index (χ3v) is 17.6. The zero-order valence-corrected chi connectivity index (χ0v) is 36.5. The fourth-order valence-corrected chi connectivity index (χ4v) is 13.8. The van der Waals surface area contributed by atoms with Gasteiger partial charge in [-0.2, -0.15) is 0 Å². The van der Waals surface area contributed by atoms with Gasteiger partial charge in [-0.15, -0.1) is 0 Å². The highest BCUT2D eigenvalue weighted by Gasteiger charge is 2.68. The number of fused-ring (bicyclic) bond motifs is 7. The molecule has 18 nitrogen and oxygen atoms in total. The van der Waals surface area contributed by atoms with E-state index in [4.69, 9.17) is 33.2 Å². The molecule has 62 heavy (non-hydrogen) atoms. The molecule has 358 valence electrons. The predicted molar refractivity (Wildman–Crippen MR) is 213 cm³/mol. The second kappa shape index (κ2) is 18.4. The molecule has 4 aliphatic heterocycles. The lowest BCUT2D eigenvalue weighted by atomic mass is 9.44. The number of ether oxygens (including phenoxy) is 7. The van der Waals surface area contributed by atoms with Crippen LogP contribution in [0.4, 0.5) is 0 Å². The summed E-state index contributed by atoms with van der Waals surface area (Å²) in [5.74, 6) is 0.766. The molecule has 4 heterocycles. The Morgan fingerprint density at radius 2 is 1.35 bits per heavy atom. The van der Waals surface area contributed by atoms with Crippen LogP contribution in [0.5, 0.6) is 0 Å². The smallest absolute Gasteiger partial charge is 0.186 e. The van der Waals surface area contributed by atoms with E-state index < -0.39 is 98.4 Å². The largest absolute Gasteiger partial charge is 0.394 e. The van der Waals surface area contributed by atoms with Crippen molar-refractivity contribution in [1.82, 2.24) is 0 Å². The summed E-state index contributed by atoms with van der Waals surface area (Å²) in [7, 11) is 0. The highest BCUT2D eigenvalue weighted by atomic mass is 16.7. The first-order valence-electron chi connectivity index (χ1n) is 23.3. The number of aliphatic hydroxyl groups is 11. The van der Waals surface area contributed by atoms with Crippen LogP contribution in [0.25, 0.3) is 0 Å². The van der Waals surface area contributed by atoms with Crippen LogP contribution in [-0.2, 0) is 33.2 Å². The lowest BCUT2D eigenvalue weighted by Crippen LogP contribution is -2.61. The molecular formula is C44H74O18. The molecule has 11 N–H and O–H groups in total. The van der Waals surface area contributed by atoms with Gasteiger partial charge in [-0.3, -0.25) is 0 Å². The van der Waals surface area contributed by atoms with Crippen molar-refractivity contribution in [2.24, 2.45) is 52.3 Å². The van der Waals surface area contributed by atoms with Crippen molar-refractivity contribution in [2.75, 3.05) is 26.4 Å². The Labute approximate surface area is 363 Å². The van der Waals surface area contributed by atoms with E-state index in [0.717, 1.165) is 51.4 Å². The number of hydrogen-bond acceptors (Lipinski definition) is 18. The molecular weight excluding hydrogens is 816 g/mol. The molecule has 0 spiro atoms. The van der Waals surface area contributed by atoms with E-state index in [1.165, 1.54) is 0 Å². The molecule has 0 bridgehead atoms. The van der Waals surface area contributed by atoms with E-state index in [2.05, 4.69) is 20.8 Å². The molecule has 8 aliphatic rings. The summed E-state index contributed by atoms with van der Waals surface area (Å²) in [6.45, 7) is 8.04. The highest BCUT2D eigenvalue weighted by Crippen LogP contribution is 2.71. The van der Waals surface area contributed by atoms with Gasteiger partial charge in [-0.1, -0.05) is 27.7 Å². The summed E-state index contributed by atoms with van der Waals surface area (Å²) >= 11 is 0. The van der Waals surface area contributed by atoms with Gasteiger partial charge in [0.25, 0.3) is 0 Å². The van der Waals surface area contributed by atoms with Crippen molar-refractivity contribution in [2.45, 2.75) is 196 Å². The highest BCUT2D eigenvalue weighted by molar-refractivity contribution is 5.15. The van der Waals surface area contributed by atoms with E-state index in [1.54, 1.807) is 0 Å². The zero-order valence-electron chi connectivity index (χ0n) is 36.5. The van der Waals surface area contributed by atoms with Gasteiger partial charge in [0.15, 0.2) is 24.7 Å². The van der Waals surface area contributed by atoms with Crippen LogP contribution in [0.3, 0.4) is 0 Å². The topological polar surface area (TPSA) is 287 Å². The molecule has 4 aliphatic carbocycles. The average Bonchev–Trinajstić information content (AvgIpc) is 3.69. The van der Waals surface area contributed by atoms with Gasteiger partial charge < -0.3 is 89.3 Å². The number of aliphatic hydroxyl groups excluding tert-OH is 10. The van der Waals surface area contributed by atoms with Gasteiger partial charge in [0.05, 0.1) is 38.6 Å². The summed E-state index contributed by atoms with van der Waals surface area (Å²) in [5, 5.41) is 115. The van der Waals surface area contributed by atoms with Crippen LogP contribution in [0.1, 0.15) is 91.9 Å². The number of rotatable bonds is 12. The molecule has 0 amide bonds. The minimum Gasteiger partial charge on any atom is -0.394 e. The Morgan fingerprint density at radius 3 is 2.08 bits per heavy atom. The van der Waals surface area contributed by atoms with Crippen molar-refractivity contribution < 1.29 is 89.3 Å². The second-order valence-electron chi connectivity index (χ2n) is 21.1. The van der Waals surface area contributed by atoms with Gasteiger partial charge in [0.2, 0.25) is 0 Å². The summed E-state index contributed by atoms with van der Waals surface area (Å²) in [6, 6.07) is 0. The Bertz CT molecular complexity index is 1510. The molecule has 0 aromatic rings. The van der Waals surface area contributed by atoms with E-state index in [-0.39, 0.29) is 60.6 Å². The molecule has 0 radical (unpaired) electrons. The summed E-state index contributed by atoms with van der Waals surface area (Å²) in [6.07, 6.45) is -10.7. The molecule has 4 saturated carbocycles. The third-order valence-electron chi connectivity index (χ3n) is 17.6. The summed E-state index contributed by atoms with van der Waals surface area (Å²) in [4.78, 5) is 0. The van der Waals surface area contributed by atoms with Gasteiger partial charge in [-0.05, 0) is 104 Å². The monoisotopic (exact) mass is 890 g/mol. The standard InChI is InChI=1S/C44H74O18/c1-19(16-56-40-37(53)34(50)32(48)28(15-45)60-40)7-12-44(55)20(2)30-27(62-44)14-25-23-6-5-21-13-22(8-10-42(21,3)24(23)9-11-43(25,30)4)59-41-38(54)35(51)33(49)29(61-41)18-58-39-36(52)31(47)26(46)17-57-39/h19-41,45-55H,5-18H2,1-4H3/t19-,20-,21+,22-,23+,24+,25+,26+,27-,28+,29+,30-,31-,32+,33+,34-,35-,36+,37+,38+,39-,40+,41+,42+,43-,44+/m1/s1. The lowest BCUT2D eigenvalue weighted by molar-refractivity contribution is -0.331. The Morgan fingerprint density at radius 1 is 0.694 bits per heavy atom. The molecule has 26 atom stereocenters. The Balaban J connectivity index is 0.833. The van der Waals surface area contributed by atoms with Gasteiger partial charge in [-0.25, -0.2) is 0 Å². The average molecular weight is 891 g/mol. The predicted octanol–water partition coefficient (Wildman–Crippen LogP) is -1.14. The Kier molecular flexibility index (Phi) is 14.2. The van der Waals surface area contributed by atoms with Crippen molar-refractivity contribution in [3.63, 3.8) is 0 Å². The quantitative estimate of drug-likeness (QED) is 0.103. The second-order valence-corrected chi connectivity index (χ2v) is 21.1. The minimum absolute atomic E-state index is 0.0272. The van der Waals surface area contributed by atoms with E-state index in [9.17, 15) is 56.2 Å². The van der Waals surface area contributed by atoms with Crippen LogP contribution in [0, 0.1) is 52.3 Å². The lowest BCUT2D eigenvalue weighted by Gasteiger charge is -2.61. The molecule has 4 saturated heterocycles. The Hall–Kier alpha value is -0.720. The van der Waals surface area contributed by atoms with Crippen molar-refractivity contribution in [3.05, 3.63) is 0 Å². The normalized spacial score (nSPS) is 55.8. The van der Waals surface area contributed by atoms with Crippen molar-refractivity contribution >= 4 is 0 Å². The SMILES string of the molecule is C[C@H](CC[C@]1(O)O[C@@H]2C[C@H]3[C@H]4CC[C@H]5C[C@H](O[C@H]6O[C@@H](CO[C@H]7OC[C@H](O)[C@@H](O)[C@@H]7O)[C@H](O)[C@@H](O)[C@@H]6O)CC[C@]5(C)[C@H]4CC[C@@]3(C)[C@@H]2[C@H]1C)CO[C@H]1O[C@@H](CO)[C@H](O)[C@@H](O)[C@@H]1O. The molecule has 8 fully saturated rings. The van der Waals surface area contributed by atoms with Crippen molar-refractivity contribution in [3.8, 4) is 0 Å². The maximum Gasteiger partial charge on any atom is 0.186 e. The first kappa shape index (κ1) is 47.8. The van der Waals surface area contributed by atoms with Crippen LogP contribution >= 0.6 is 0 Å². The first-order valence-corrected chi connectivity index (χ1v) is 23.3. The van der Waals surface area contributed by atoms with Crippen LogP contribution < -0.4 is 0 Å². The van der Waals surface area contributed by atoms with Crippen LogP contribution in [0.2, 0.25) is 0 Å². The molecule has 18 heteroatoms. The molecule has 0 aromatic carbocycles. The van der Waals surface area contributed by atoms with Crippen LogP contribution in [-0.4, -0.2) is 187 Å². The molecule has 8 rings (SSSR count). The first-order chi connectivity index (χ1) is 29.3. The van der Waals surface area contributed by atoms with E-state index >= 15 is 0 Å². The summed E-state index contributed by atoms with van der Waals surface area (Å²) < 4.78 is 41.2. The maximum atomic E-state index is 12.0. The van der Waals surface area contributed by atoms with Gasteiger partial charge >= 0.3 is 0 Å². The van der Waals surface area contributed by atoms with Gasteiger partial charge in [0.1, 0.15) is 67.1 Å². The van der Waals surface area contributed by atoms with E-state index in [0.29, 0.717) is 36.5 Å². The molecule has 0 aromatic heterocycles. The van der Waals surface area contributed by atoms with E-state index in [1.807, 2.05) is 6.92 Å². The zero-order chi connectivity index (χ0) is 44.6.